The quantitative estimate of drug-likeness (QED) is 0.699. The summed E-state index contributed by atoms with van der Waals surface area (Å²) in [5, 5.41) is 0.623. The Labute approximate surface area is 142 Å². The minimum Gasteiger partial charge on any atom is -0.286 e. The molecule has 0 radical (unpaired) electrons. The van der Waals surface area contributed by atoms with Crippen LogP contribution in [0.4, 0.5) is 0 Å². The molecule has 0 saturated carbocycles. The highest BCUT2D eigenvalue weighted by Gasteiger charge is 2.15. The van der Waals surface area contributed by atoms with Crippen LogP contribution in [0, 0.1) is 0 Å². The number of aliphatic imine (C=N–C) groups is 1. The number of amides is 1. The first-order valence-electron chi connectivity index (χ1n) is 7.39. The maximum absolute atomic E-state index is 12.2. The molecule has 0 bridgehead atoms. The van der Waals surface area contributed by atoms with Crippen molar-refractivity contribution < 1.29 is 4.79 Å². The van der Waals surface area contributed by atoms with Crippen molar-refractivity contribution in [2.24, 2.45) is 4.99 Å². The molecule has 1 aliphatic heterocycles. The number of allylic oxidation sites excluding steroid dienone is 1. The van der Waals surface area contributed by atoms with Crippen LogP contribution in [0.25, 0.3) is 5.70 Å². The van der Waals surface area contributed by atoms with E-state index in [9.17, 15) is 4.79 Å². The second-order valence-electron chi connectivity index (χ2n) is 4.65. The summed E-state index contributed by atoms with van der Waals surface area (Å²) in [6, 6.07) is 5.34. The molecule has 1 heterocycles. The maximum atomic E-state index is 12.2. The Kier molecular flexibility index (Phi) is 7.69. The molecule has 0 N–H and O–H groups in total. The van der Waals surface area contributed by atoms with Crippen LogP contribution in [0.3, 0.4) is 0 Å². The lowest BCUT2D eigenvalue weighted by molar-refractivity contribution is 0.0892. The summed E-state index contributed by atoms with van der Waals surface area (Å²) in [6.45, 7) is 6.01. The molecule has 0 spiro atoms. The van der Waals surface area contributed by atoms with Crippen molar-refractivity contribution in [3.8, 4) is 0 Å². The normalized spacial score (nSPS) is 13.5. The smallest absolute Gasteiger partial charge is 0.263 e. The Morgan fingerprint density at radius 2 is 2.05 bits per heavy atom. The van der Waals surface area contributed by atoms with Crippen molar-refractivity contribution in [2.45, 2.75) is 33.6 Å². The lowest BCUT2D eigenvalue weighted by atomic mass is 10.0. The van der Waals surface area contributed by atoms with Gasteiger partial charge in [0.15, 0.2) is 0 Å². The van der Waals surface area contributed by atoms with E-state index >= 15 is 0 Å². The van der Waals surface area contributed by atoms with E-state index in [1.807, 2.05) is 33.1 Å². The summed E-state index contributed by atoms with van der Waals surface area (Å²) < 4.78 is 1.59. The van der Waals surface area contributed by atoms with Crippen LogP contribution in [0.5, 0.6) is 0 Å². The van der Waals surface area contributed by atoms with Crippen molar-refractivity contribution in [3.05, 3.63) is 40.4 Å². The predicted molar refractivity (Wildman–Crippen MR) is 98.7 cm³/mol. The second kappa shape index (κ2) is 9.01. The monoisotopic (exact) mass is 338 g/mol. The minimum absolute atomic E-state index is 0.0347. The zero-order chi connectivity index (χ0) is 16.7. The average Bonchev–Trinajstić information content (AvgIpc) is 2.55. The Morgan fingerprint density at radius 3 is 2.64 bits per heavy atom. The molecule has 0 aliphatic carbocycles. The fourth-order valence-electron chi connectivity index (χ4n) is 2.01. The van der Waals surface area contributed by atoms with E-state index in [0.717, 1.165) is 29.8 Å². The molecule has 120 valence electrons. The molecule has 0 fully saturated rings. The average molecular weight is 339 g/mol. The molecule has 2 rings (SSSR count). The number of hydrogen-bond acceptors (Lipinski definition) is 3. The van der Waals surface area contributed by atoms with Gasteiger partial charge in [0.25, 0.3) is 5.91 Å². The summed E-state index contributed by atoms with van der Waals surface area (Å²) in [4.78, 5) is 16.7. The van der Waals surface area contributed by atoms with Gasteiger partial charge in [0.05, 0.1) is 5.70 Å². The highest BCUT2D eigenvalue weighted by atomic mass is 35.5. The fourth-order valence-corrected chi connectivity index (χ4v) is 2.50. The topological polar surface area (TPSA) is 32.7 Å². The molecular weight excluding hydrogens is 316 g/mol. The van der Waals surface area contributed by atoms with Gasteiger partial charge in [0, 0.05) is 35.2 Å². The van der Waals surface area contributed by atoms with E-state index in [1.54, 1.807) is 23.5 Å². The molecule has 0 saturated heterocycles. The molecule has 0 unspecified atom stereocenters. The summed E-state index contributed by atoms with van der Waals surface area (Å²) in [7, 11) is 1.75. The van der Waals surface area contributed by atoms with Gasteiger partial charge in [-0.3, -0.25) is 14.1 Å². The summed E-state index contributed by atoms with van der Waals surface area (Å²) in [5.41, 5.74) is 3.41. The molecular formula is C17H23ClN2OS. The van der Waals surface area contributed by atoms with Crippen LogP contribution in [0.2, 0.25) is 5.02 Å². The van der Waals surface area contributed by atoms with Crippen molar-refractivity contribution in [1.29, 1.82) is 0 Å². The molecule has 5 heteroatoms. The summed E-state index contributed by atoms with van der Waals surface area (Å²) in [6.07, 6.45) is 5.88. The van der Waals surface area contributed by atoms with Gasteiger partial charge < -0.3 is 0 Å². The number of halogens is 1. The van der Waals surface area contributed by atoms with Crippen LogP contribution >= 0.6 is 23.5 Å². The number of hydrogen-bond donors (Lipinski definition) is 0. The first kappa shape index (κ1) is 18.8. The number of carbonyl (C=O) groups is 1. The Balaban J connectivity index is 0.00000116. The summed E-state index contributed by atoms with van der Waals surface area (Å²) >= 11 is 7.64. The van der Waals surface area contributed by atoms with E-state index in [4.69, 9.17) is 11.6 Å². The molecule has 1 amide bonds. The molecule has 1 aromatic rings. The van der Waals surface area contributed by atoms with Gasteiger partial charge in [0.2, 0.25) is 0 Å². The van der Waals surface area contributed by atoms with Gasteiger partial charge in [-0.15, -0.1) is 0 Å². The van der Waals surface area contributed by atoms with Crippen molar-refractivity contribution >= 4 is 40.9 Å². The minimum atomic E-state index is -0.0347. The van der Waals surface area contributed by atoms with Gasteiger partial charge in [-0.1, -0.05) is 43.5 Å². The zero-order valence-electron chi connectivity index (χ0n) is 13.8. The molecule has 0 atom stereocenters. The van der Waals surface area contributed by atoms with E-state index in [-0.39, 0.29) is 5.91 Å². The van der Waals surface area contributed by atoms with E-state index in [0.29, 0.717) is 10.6 Å². The molecule has 0 aromatic heterocycles. The van der Waals surface area contributed by atoms with Crippen LogP contribution in [0.15, 0.2) is 29.3 Å². The van der Waals surface area contributed by atoms with Gasteiger partial charge >= 0.3 is 0 Å². The van der Waals surface area contributed by atoms with Gasteiger partial charge in [-0.05, 0) is 38.0 Å². The van der Waals surface area contributed by atoms with Crippen molar-refractivity contribution in [2.75, 3.05) is 13.3 Å². The van der Waals surface area contributed by atoms with Crippen molar-refractivity contribution in [3.63, 3.8) is 0 Å². The lowest BCUT2D eigenvalue weighted by Crippen LogP contribution is -2.19. The third-order valence-electron chi connectivity index (χ3n) is 3.20. The first-order chi connectivity index (χ1) is 10.5. The second-order valence-corrected chi connectivity index (χ2v) is 5.98. The first-order valence-corrected chi connectivity index (χ1v) is 8.95. The van der Waals surface area contributed by atoms with Crippen molar-refractivity contribution in [1.82, 2.24) is 4.31 Å². The van der Waals surface area contributed by atoms with Gasteiger partial charge in [-0.25, -0.2) is 0 Å². The number of rotatable bonds is 3. The summed E-state index contributed by atoms with van der Waals surface area (Å²) in [5.74, 6) is -0.0347. The SMILES string of the molecule is CC.CSN(C)C(=O)c1ccc(Cl)c(C2=CCCC(C)=N2)c1. The van der Waals surface area contributed by atoms with Crippen LogP contribution in [0.1, 0.15) is 49.5 Å². The molecule has 1 aromatic carbocycles. The third kappa shape index (κ3) is 4.62. The number of nitrogens with zero attached hydrogens (tertiary/aromatic N) is 2. The maximum Gasteiger partial charge on any atom is 0.263 e. The Morgan fingerprint density at radius 1 is 1.36 bits per heavy atom. The highest BCUT2D eigenvalue weighted by molar-refractivity contribution is 7.96. The van der Waals surface area contributed by atoms with Gasteiger partial charge in [0.1, 0.15) is 0 Å². The Bertz CT molecular complexity index is 596. The molecule has 1 aliphatic rings. The van der Waals surface area contributed by atoms with E-state index < -0.39 is 0 Å². The molecule has 22 heavy (non-hydrogen) atoms. The van der Waals surface area contributed by atoms with E-state index in [2.05, 4.69) is 11.1 Å². The van der Waals surface area contributed by atoms with Crippen LogP contribution < -0.4 is 0 Å². The largest absolute Gasteiger partial charge is 0.286 e. The molecule has 3 nitrogen and oxygen atoms in total. The third-order valence-corrected chi connectivity index (χ3v) is 4.25. The standard InChI is InChI=1S/C15H17ClN2OS.C2H6/c1-10-5-4-6-14(17-10)12-9-11(7-8-13(12)16)15(19)18(2)20-3;1-2/h6-9H,4-5H2,1-3H3;1-2H3. The Hall–Kier alpha value is -1.26. The number of benzene rings is 1. The lowest BCUT2D eigenvalue weighted by Gasteiger charge is -2.16. The van der Waals surface area contributed by atoms with Crippen LogP contribution in [-0.2, 0) is 0 Å². The fraction of sp³-hybridized carbons (Fsp3) is 0.412. The van der Waals surface area contributed by atoms with E-state index in [1.165, 1.54) is 11.9 Å². The highest BCUT2D eigenvalue weighted by Crippen LogP contribution is 2.29. The predicted octanol–water partition coefficient (Wildman–Crippen LogP) is 5.31. The zero-order valence-corrected chi connectivity index (χ0v) is 15.4. The number of carbonyl (C=O) groups excluding carboxylic acids is 1. The van der Waals surface area contributed by atoms with Gasteiger partial charge in [-0.2, -0.15) is 0 Å². The van der Waals surface area contributed by atoms with Crippen LogP contribution in [-0.4, -0.2) is 29.2 Å².